The maximum atomic E-state index is 13.7. The Balaban J connectivity index is 1.73. The summed E-state index contributed by atoms with van der Waals surface area (Å²) in [6.07, 6.45) is 2.42. The number of unbranched alkanes of at least 4 members (excludes halogenated alkanes) is 1. The molecule has 0 aliphatic heterocycles. The molecule has 0 N–H and O–H groups in total. The fourth-order valence-corrected chi connectivity index (χ4v) is 2.46. The number of halogens is 2. The van der Waals surface area contributed by atoms with Crippen LogP contribution >= 0.6 is 0 Å². The van der Waals surface area contributed by atoms with Gasteiger partial charge in [0.05, 0.1) is 13.0 Å². The lowest BCUT2D eigenvalue weighted by Crippen LogP contribution is -2.18. The van der Waals surface area contributed by atoms with E-state index in [1.807, 2.05) is 24.3 Å². The molecule has 6 heteroatoms. The van der Waals surface area contributed by atoms with Gasteiger partial charge in [-0.1, -0.05) is 0 Å². The zero-order chi connectivity index (χ0) is 17.4. The van der Waals surface area contributed by atoms with Crippen molar-refractivity contribution < 1.29 is 18.3 Å². The number of pyridine rings is 2. The lowest BCUT2D eigenvalue weighted by molar-refractivity contribution is -0.145. The third-order valence-electron chi connectivity index (χ3n) is 3.75. The van der Waals surface area contributed by atoms with E-state index in [0.717, 1.165) is 11.1 Å². The molecule has 0 aliphatic carbocycles. The zero-order valence-electron chi connectivity index (χ0n) is 13.8. The zero-order valence-corrected chi connectivity index (χ0v) is 13.8. The molecule has 2 rings (SSSR count). The van der Waals surface area contributed by atoms with Crippen LogP contribution in [0.3, 0.4) is 0 Å². The Morgan fingerprint density at radius 1 is 1.21 bits per heavy atom. The van der Waals surface area contributed by atoms with E-state index in [0.29, 0.717) is 24.9 Å². The molecule has 24 heavy (non-hydrogen) atoms. The van der Waals surface area contributed by atoms with Crippen molar-refractivity contribution in [2.75, 3.05) is 6.61 Å². The van der Waals surface area contributed by atoms with Crippen LogP contribution in [0.1, 0.15) is 44.7 Å². The normalized spacial score (nSPS) is 11.6. The second-order valence-corrected chi connectivity index (χ2v) is 5.72. The van der Waals surface area contributed by atoms with Gasteiger partial charge in [-0.15, -0.1) is 0 Å². The predicted octanol–water partition coefficient (Wildman–Crippen LogP) is 4.32. The van der Waals surface area contributed by atoms with Crippen molar-refractivity contribution in [1.29, 1.82) is 0 Å². The Morgan fingerprint density at radius 2 is 2.04 bits per heavy atom. The van der Waals surface area contributed by atoms with E-state index in [2.05, 4.69) is 14.7 Å². The van der Waals surface area contributed by atoms with Crippen LogP contribution in [-0.4, -0.2) is 28.5 Å². The molecule has 2 heterocycles. The summed E-state index contributed by atoms with van der Waals surface area (Å²) in [5.41, 5.74) is 1.53. The first-order valence-electron chi connectivity index (χ1n) is 8.24. The predicted molar refractivity (Wildman–Crippen MR) is 87.9 cm³/mol. The van der Waals surface area contributed by atoms with Crippen LogP contribution in [-0.2, 0) is 16.0 Å². The standard InChI is InChI=1S/C18H22F2N2O2/c1-2-24-16(23)10-12-18(19,20)11-4-3-7-15-9-8-14-6-5-13-21-17(14)22-15/h5-6,8-9,13H,2-4,7,10-12H2,1H3. The van der Waals surface area contributed by atoms with Crippen LogP contribution < -0.4 is 0 Å². The van der Waals surface area contributed by atoms with Crippen molar-refractivity contribution in [1.82, 2.24) is 9.97 Å². The number of ether oxygens (including phenoxy) is 1. The SMILES string of the molecule is CCOC(=O)CCC(F)(F)CCCCc1ccc2cccnc2n1. The van der Waals surface area contributed by atoms with E-state index in [-0.39, 0.29) is 19.4 Å². The van der Waals surface area contributed by atoms with Crippen molar-refractivity contribution in [3.63, 3.8) is 0 Å². The highest BCUT2D eigenvalue weighted by atomic mass is 19.3. The molecule has 0 aliphatic rings. The molecule has 0 bridgehead atoms. The summed E-state index contributed by atoms with van der Waals surface area (Å²) in [4.78, 5) is 19.8. The fraction of sp³-hybridized carbons (Fsp3) is 0.500. The third-order valence-corrected chi connectivity index (χ3v) is 3.75. The number of esters is 1. The number of aryl methyl sites for hydroxylation is 1. The van der Waals surface area contributed by atoms with Crippen molar-refractivity contribution in [3.8, 4) is 0 Å². The highest BCUT2D eigenvalue weighted by Crippen LogP contribution is 2.27. The number of fused-ring (bicyclic) bond motifs is 1. The maximum Gasteiger partial charge on any atom is 0.305 e. The maximum absolute atomic E-state index is 13.7. The van der Waals surface area contributed by atoms with E-state index in [1.54, 1.807) is 13.1 Å². The Bertz CT molecular complexity index is 677. The van der Waals surface area contributed by atoms with Gasteiger partial charge >= 0.3 is 5.97 Å². The first-order chi connectivity index (χ1) is 11.5. The molecule has 0 spiro atoms. The molecular weight excluding hydrogens is 314 g/mol. The van der Waals surface area contributed by atoms with Crippen LogP contribution in [0.25, 0.3) is 11.0 Å². The van der Waals surface area contributed by atoms with Gasteiger partial charge in [0, 0.05) is 30.1 Å². The number of hydrogen-bond acceptors (Lipinski definition) is 4. The van der Waals surface area contributed by atoms with Gasteiger partial charge in [0.15, 0.2) is 5.65 Å². The van der Waals surface area contributed by atoms with Gasteiger partial charge in [0.1, 0.15) is 0 Å². The molecule has 0 aromatic carbocycles. The minimum Gasteiger partial charge on any atom is -0.466 e. The van der Waals surface area contributed by atoms with Gasteiger partial charge in [0.2, 0.25) is 5.92 Å². The number of carbonyl (C=O) groups is 1. The molecule has 0 atom stereocenters. The smallest absolute Gasteiger partial charge is 0.305 e. The summed E-state index contributed by atoms with van der Waals surface area (Å²) in [5.74, 6) is -3.39. The first-order valence-corrected chi connectivity index (χ1v) is 8.24. The Hall–Kier alpha value is -2.11. The summed E-state index contributed by atoms with van der Waals surface area (Å²) >= 11 is 0. The van der Waals surface area contributed by atoms with Crippen molar-refractivity contribution >= 4 is 17.0 Å². The number of hydrogen-bond donors (Lipinski definition) is 0. The van der Waals surface area contributed by atoms with Crippen LogP contribution in [0.5, 0.6) is 0 Å². The van der Waals surface area contributed by atoms with Crippen LogP contribution in [0.2, 0.25) is 0 Å². The first kappa shape index (κ1) is 18.2. The lowest BCUT2D eigenvalue weighted by atomic mass is 10.0. The summed E-state index contributed by atoms with van der Waals surface area (Å²) in [5, 5.41) is 0.965. The lowest BCUT2D eigenvalue weighted by Gasteiger charge is -2.15. The Morgan fingerprint density at radius 3 is 2.83 bits per heavy atom. The van der Waals surface area contributed by atoms with Crippen LogP contribution in [0.4, 0.5) is 8.78 Å². The van der Waals surface area contributed by atoms with Crippen LogP contribution in [0, 0.1) is 0 Å². The highest BCUT2D eigenvalue weighted by Gasteiger charge is 2.29. The monoisotopic (exact) mass is 336 g/mol. The van der Waals surface area contributed by atoms with E-state index in [1.165, 1.54) is 0 Å². The van der Waals surface area contributed by atoms with E-state index in [4.69, 9.17) is 0 Å². The van der Waals surface area contributed by atoms with Gasteiger partial charge in [-0.2, -0.15) is 0 Å². The molecule has 0 amide bonds. The van der Waals surface area contributed by atoms with Crippen molar-refractivity contribution in [2.24, 2.45) is 0 Å². The van der Waals surface area contributed by atoms with Crippen molar-refractivity contribution in [3.05, 3.63) is 36.2 Å². The Labute approximate surface area is 140 Å². The topological polar surface area (TPSA) is 52.1 Å². The molecule has 0 saturated carbocycles. The number of alkyl halides is 2. The largest absolute Gasteiger partial charge is 0.466 e. The summed E-state index contributed by atoms with van der Waals surface area (Å²) < 4.78 is 32.1. The molecule has 2 aromatic heterocycles. The van der Waals surface area contributed by atoms with Gasteiger partial charge < -0.3 is 4.74 Å². The fourth-order valence-electron chi connectivity index (χ4n) is 2.46. The number of nitrogens with zero attached hydrogens (tertiary/aromatic N) is 2. The quantitative estimate of drug-likeness (QED) is 0.505. The van der Waals surface area contributed by atoms with E-state index >= 15 is 0 Å². The summed E-state index contributed by atoms with van der Waals surface area (Å²) in [6, 6.07) is 7.63. The Kier molecular flexibility index (Phi) is 6.58. The van der Waals surface area contributed by atoms with Gasteiger partial charge in [-0.3, -0.25) is 4.79 Å². The molecule has 0 unspecified atom stereocenters. The molecule has 130 valence electrons. The van der Waals surface area contributed by atoms with Gasteiger partial charge in [-0.25, -0.2) is 18.7 Å². The van der Waals surface area contributed by atoms with Crippen LogP contribution in [0.15, 0.2) is 30.5 Å². The summed E-state index contributed by atoms with van der Waals surface area (Å²) in [7, 11) is 0. The molecule has 0 saturated heterocycles. The molecular formula is C18H22F2N2O2. The third kappa shape index (κ3) is 5.83. The summed E-state index contributed by atoms with van der Waals surface area (Å²) in [6.45, 7) is 1.88. The second kappa shape index (κ2) is 8.66. The average molecular weight is 336 g/mol. The van der Waals surface area contributed by atoms with Gasteiger partial charge in [0.25, 0.3) is 0 Å². The number of aromatic nitrogens is 2. The highest BCUT2D eigenvalue weighted by molar-refractivity contribution is 5.74. The molecule has 4 nitrogen and oxygen atoms in total. The molecule has 0 radical (unpaired) electrons. The second-order valence-electron chi connectivity index (χ2n) is 5.72. The van der Waals surface area contributed by atoms with Gasteiger partial charge in [-0.05, 0) is 50.5 Å². The minimum absolute atomic E-state index is 0.220. The van der Waals surface area contributed by atoms with Crippen molar-refractivity contribution in [2.45, 2.75) is 51.4 Å². The van der Waals surface area contributed by atoms with E-state index in [9.17, 15) is 13.6 Å². The molecule has 0 fully saturated rings. The number of rotatable bonds is 9. The molecule has 2 aromatic rings. The minimum atomic E-state index is -2.83. The number of carbonyl (C=O) groups excluding carboxylic acids is 1. The van der Waals surface area contributed by atoms with E-state index < -0.39 is 18.3 Å². The average Bonchev–Trinajstić information content (AvgIpc) is 2.57.